The molecule has 1 N–H and O–H groups in total. The SMILES string of the molecule is C=CCCC(=O)N(CCOc1ccc(CC(Nc2ccccc2C(=O)c2ccccc2)C(=O)OC)cc1)c1cccc(Cl)c1. The van der Waals surface area contributed by atoms with Gasteiger partial charge in [-0.05, 0) is 54.4 Å². The molecule has 0 saturated heterocycles. The number of hydrogen-bond acceptors (Lipinski definition) is 6. The fourth-order valence-electron chi connectivity index (χ4n) is 4.69. The van der Waals surface area contributed by atoms with E-state index in [2.05, 4.69) is 11.9 Å². The molecule has 44 heavy (non-hydrogen) atoms. The van der Waals surface area contributed by atoms with Crippen LogP contribution in [0.3, 0.4) is 0 Å². The predicted molar refractivity (Wildman–Crippen MR) is 175 cm³/mol. The molecule has 8 heteroatoms. The number of anilines is 2. The number of ketones is 1. The minimum absolute atomic E-state index is 0.0421. The normalized spacial score (nSPS) is 11.2. The largest absolute Gasteiger partial charge is 0.492 e. The molecule has 0 fully saturated rings. The van der Waals surface area contributed by atoms with Crippen molar-refractivity contribution in [3.63, 3.8) is 0 Å². The topological polar surface area (TPSA) is 84.9 Å². The molecule has 1 unspecified atom stereocenters. The first-order chi connectivity index (χ1) is 21.4. The molecule has 7 nitrogen and oxygen atoms in total. The van der Waals surface area contributed by atoms with E-state index in [1.807, 2.05) is 54.6 Å². The standard InChI is InChI=1S/C36H35ClN2O5/c1-3-4-17-34(40)39(29-14-10-13-28(37)25-29)22-23-44-30-20-18-26(19-21-30)24-33(36(42)43-2)38-32-16-9-8-15-31(32)35(41)27-11-6-5-7-12-27/h3,5-16,18-21,25,33,38H,1,4,17,22-24H2,2H3. The van der Waals surface area contributed by atoms with Crippen molar-refractivity contribution in [2.45, 2.75) is 25.3 Å². The fourth-order valence-corrected chi connectivity index (χ4v) is 4.87. The van der Waals surface area contributed by atoms with Crippen LogP contribution in [-0.4, -0.2) is 44.0 Å². The number of hydrogen-bond donors (Lipinski definition) is 1. The molecule has 0 aliphatic heterocycles. The van der Waals surface area contributed by atoms with Crippen molar-refractivity contribution in [2.24, 2.45) is 0 Å². The van der Waals surface area contributed by atoms with E-state index in [4.69, 9.17) is 21.1 Å². The van der Waals surface area contributed by atoms with E-state index < -0.39 is 12.0 Å². The maximum atomic E-state index is 13.2. The minimum Gasteiger partial charge on any atom is -0.492 e. The van der Waals surface area contributed by atoms with Crippen molar-refractivity contribution < 1.29 is 23.9 Å². The Morgan fingerprint density at radius 3 is 2.36 bits per heavy atom. The van der Waals surface area contributed by atoms with Crippen molar-refractivity contribution in [3.05, 3.63) is 137 Å². The Morgan fingerprint density at radius 1 is 0.932 bits per heavy atom. The Kier molecular flexibility index (Phi) is 11.7. The van der Waals surface area contributed by atoms with Gasteiger partial charge in [0.1, 0.15) is 18.4 Å². The number of carbonyl (C=O) groups excluding carboxylic acids is 3. The second kappa shape index (κ2) is 16.1. The highest BCUT2D eigenvalue weighted by atomic mass is 35.5. The Labute approximate surface area is 263 Å². The number of ether oxygens (including phenoxy) is 2. The molecule has 1 amide bonds. The highest BCUT2D eigenvalue weighted by Gasteiger charge is 2.23. The lowest BCUT2D eigenvalue weighted by Crippen LogP contribution is -2.34. The molecule has 4 aromatic rings. The van der Waals surface area contributed by atoms with Gasteiger partial charge in [0.05, 0.1) is 13.7 Å². The molecule has 226 valence electrons. The number of esters is 1. The monoisotopic (exact) mass is 610 g/mol. The van der Waals surface area contributed by atoms with Gasteiger partial charge in [0, 0.05) is 40.4 Å². The Balaban J connectivity index is 1.41. The highest BCUT2D eigenvalue weighted by molar-refractivity contribution is 6.30. The van der Waals surface area contributed by atoms with Gasteiger partial charge in [-0.2, -0.15) is 0 Å². The van der Waals surface area contributed by atoms with Crippen LogP contribution in [0.2, 0.25) is 5.02 Å². The van der Waals surface area contributed by atoms with Crippen LogP contribution in [0.1, 0.15) is 34.3 Å². The Hall–Kier alpha value is -4.88. The van der Waals surface area contributed by atoms with Gasteiger partial charge >= 0.3 is 5.97 Å². The first-order valence-corrected chi connectivity index (χ1v) is 14.7. The molecule has 0 aromatic heterocycles. The summed E-state index contributed by atoms with van der Waals surface area (Å²) in [4.78, 5) is 40.5. The lowest BCUT2D eigenvalue weighted by atomic mass is 10.00. The highest BCUT2D eigenvalue weighted by Crippen LogP contribution is 2.23. The van der Waals surface area contributed by atoms with E-state index in [-0.39, 0.29) is 18.3 Å². The Bertz CT molecular complexity index is 1570. The molecular formula is C36H35ClN2O5. The molecule has 4 rings (SSSR count). The summed E-state index contributed by atoms with van der Waals surface area (Å²) in [7, 11) is 1.34. The van der Waals surface area contributed by atoms with Crippen LogP contribution in [0.4, 0.5) is 11.4 Å². The molecule has 0 saturated carbocycles. The van der Waals surface area contributed by atoms with Crippen LogP contribution in [0.5, 0.6) is 5.75 Å². The summed E-state index contributed by atoms with van der Waals surface area (Å²) in [5, 5.41) is 3.77. The maximum Gasteiger partial charge on any atom is 0.328 e. The Morgan fingerprint density at radius 2 is 1.66 bits per heavy atom. The number of nitrogens with zero attached hydrogens (tertiary/aromatic N) is 1. The van der Waals surface area contributed by atoms with E-state index in [1.165, 1.54) is 7.11 Å². The first kappa shape index (κ1) is 32.0. The molecule has 0 radical (unpaired) electrons. The van der Waals surface area contributed by atoms with Gasteiger partial charge in [0.2, 0.25) is 5.91 Å². The van der Waals surface area contributed by atoms with E-state index in [0.717, 1.165) is 5.56 Å². The van der Waals surface area contributed by atoms with E-state index >= 15 is 0 Å². The smallest absolute Gasteiger partial charge is 0.328 e. The number of nitrogens with one attached hydrogen (secondary N) is 1. The summed E-state index contributed by atoms with van der Waals surface area (Å²) >= 11 is 6.17. The zero-order valence-electron chi connectivity index (χ0n) is 24.6. The molecule has 0 bridgehead atoms. The maximum absolute atomic E-state index is 13.2. The average molecular weight is 611 g/mol. The molecular weight excluding hydrogens is 576 g/mol. The number of halogens is 1. The molecule has 0 spiro atoms. The van der Waals surface area contributed by atoms with Crippen molar-refractivity contribution in [2.75, 3.05) is 30.5 Å². The number of benzene rings is 4. The number of allylic oxidation sites excluding steroid dienone is 1. The lowest BCUT2D eigenvalue weighted by Gasteiger charge is -2.23. The number of amides is 1. The second-order valence-corrected chi connectivity index (χ2v) is 10.4. The number of carbonyl (C=O) groups is 3. The summed E-state index contributed by atoms with van der Waals surface area (Å²) in [5.74, 6) is -0.0103. The predicted octanol–water partition coefficient (Wildman–Crippen LogP) is 7.15. The van der Waals surface area contributed by atoms with Gasteiger partial charge in [-0.15, -0.1) is 6.58 Å². The minimum atomic E-state index is -0.732. The van der Waals surface area contributed by atoms with Gasteiger partial charge < -0.3 is 19.7 Å². The van der Waals surface area contributed by atoms with Gasteiger partial charge in [0.25, 0.3) is 0 Å². The zero-order chi connectivity index (χ0) is 31.3. The molecule has 0 heterocycles. The zero-order valence-corrected chi connectivity index (χ0v) is 25.3. The summed E-state index contributed by atoms with van der Waals surface area (Å²) < 4.78 is 11.0. The van der Waals surface area contributed by atoms with E-state index in [0.29, 0.717) is 59.1 Å². The van der Waals surface area contributed by atoms with Gasteiger partial charge in [-0.3, -0.25) is 9.59 Å². The van der Waals surface area contributed by atoms with Crippen LogP contribution >= 0.6 is 11.6 Å². The van der Waals surface area contributed by atoms with Crippen LogP contribution in [0, 0.1) is 0 Å². The van der Waals surface area contributed by atoms with E-state index in [9.17, 15) is 14.4 Å². The van der Waals surface area contributed by atoms with Crippen molar-refractivity contribution in [1.29, 1.82) is 0 Å². The number of rotatable bonds is 15. The van der Waals surface area contributed by atoms with Crippen LogP contribution in [-0.2, 0) is 20.7 Å². The quantitative estimate of drug-likeness (QED) is 0.0874. The van der Waals surface area contributed by atoms with Crippen LogP contribution in [0.25, 0.3) is 0 Å². The van der Waals surface area contributed by atoms with Gasteiger partial charge in [0.15, 0.2) is 5.78 Å². The third kappa shape index (κ3) is 8.82. The number of methoxy groups -OCH3 is 1. The number of para-hydroxylation sites is 1. The molecule has 0 aliphatic rings. The lowest BCUT2D eigenvalue weighted by molar-refractivity contribution is -0.141. The van der Waals surface area contributed by atoms with Gasteiger partial charge in [-0.25, -0.2) is 4.79 Å². The van der Waals surface area contributed by atoms with E-state index in [1.54, 1.807) is 59.5 Å². The van der Waals surface area contributed by atoms with Crippen LogP contribution in [0.15, 0.2) is 116 Å². The molecule has 4 aromatic carbocycles. The summed E-state index contributed by atoms with van der Waals surface area (Å²) in [6.45, 7) is 4.31. The van der Waals surface area contributed by atoms with Crippen molar-refractivity contribution >= 4 is 40.6 Å². The molecule has 0 aliphatic carbocycles. The average Bonchev–Trinajstić information content (AvgIpc) is 3.06. The summed E-state index contributed by atoms with van der Waals surface area (Å²) in [6, 6.07) is 29.9. The van der Waals surface area contributed by atoms with Crippen molar-refractivity contribution in [3.8, 4) is 5.75 Å². The summed E-state index contributed by atoms with van der Waals surface area (Å²) in [6.07, 6.45) is 2.95. The third-order valence-corrected chi connectivity index (χ3v) is 7.19. The fraction of sp³-hybridized carbons (Fsp3) is 0.194. The molecule has 1 atom stereocenters. The van der Waals surface area contributed by atoms with Gasteiger partial charge in [-0.1, -0.05) is 78.3 Å². The first-order valence-electron chi connectivity index (χ1n) is 14.3. The summed E-state index contributed by atoms with van der Waals surface area (Å²) in [5.41, 5.74) is 3.14. The van der Waals surface area contributed by atoms with Crippen LogP contribution < -0.4 is 15.0 Å². The third-order valence-electron chi connectivity index (χ3n) is 6.95. The second-order valence-electron chi connectivity index (χ2n) is 10.0. The van der Waals surface area contributed by atoms with Crippen molar-refractivity contribution in [1.82, 2.24) is 0 Å².